The van der Waals surface area contributed by atoms with E-state index in [1.54, 1.807) is 60.7 Å². The lowest BCUT2D eigenvalue weighted by Crippen LogP contribution is -2.53. The lowest BCUT2D eigenvalue weighted by Gasteiger charge is -2.29. The van der Waals surface area contributed by atoms with Gasteiger partial charge in [0.25, 0.3) is 0 Å². The molecule has 3 aromatic carbocycles. The van der Waals surface area contributed by atoms with Crippen LogP contribution >= 0.6 is 0 Å². The molecule has 1 spiro atoms. The van der Waals surface area contributed by atoms with Crippen molar-refractivity contribution < 1.29 is 29.0 Å². The van der Waals surface area contributed by atoms with Crippen LogP contribution in [0.2, 0.25) is 0 Å². The Balaban J connectivity index is 1.43. The molecule has 37 heavy (non-hydrogen) atoms. The highest BCUT2D eigenvalue weighted by Crippen LogP contribution is 2.53. The van der Waals surface area contributed by atoms with Crippen LogP contribution in [0.25, 0.3) is 0 Å². The molecule has 2 saturated heterocycles. The third-order valence-corrected chi connectivity index (χ3v) is 7.37. The van der Waals surface area contributed by atoms with E-state index in [9.17, 15) is 24.3 Å². The molecule has 4 atom stereocenters. The summed E-state index contributed by atoms with van der Waals surface area (Å²) in [5, 5.41) is 16.0. The molecule has 0 saturated carbocycles. The quantitative estimate of drug-likeness (QED) is 0.287. The van der Waals surface area contributed by atoms with Gasteiger partial charge in [0.1, 0.15) is 17.0 Å². The van der Waals surface area contributed by atoms with E-state index < -0.39 is 41.2 Å². The smallest absolute Gasteiger partial charge is 0.308 e. The number of aromatic hydroxyl groups is 1. The van der Waals surface area contributed by atoms with Crippen LogP contribution in [0.5, 0.6) is 11.5 Å². The molecular weight excluding hydrogens is 474 g/mol. The molecule has 0 radical (unpaired) electrons. The Bertz CT molecular complexity index is 1450. The molecule has 186 valence electrons. The number of phenols is 1. The number of ether oxygens (including phenoxy) is 1. The number of carbonyl (C=O) groups is 4. The van der Waals surface area contributed by atoms with Gasteiger partial charge in [-0.15, -0.1) is 0 Å². The fourth-order valence-corrected chi connectivity index (χ4v) is 5.90. The molecule has 6 rings (SSSR count). The summed E-state index contributed by atoms with van der Waals surface area (Å²) in [5.41, 5.74) is 1.03. The largest absolute Gasteiger partial charge is 0.508 e. The van der Waals surface area contributed by atoms with E-state index in [2.05, 4.69) is 10.6 Å². The summed E-state index contributed by atoms with van der Waals surface area (Å²) in [6.07, 6.45) is 0.372. The van der Waals surface area contributed by atoms with Crippen molar-refractivity contribution in [2.75, 3.05) is 10.2 Å². The van der Waals surface area contributed by atoms with Crippen molar-refractivity contribution >= 4 is 35.1 Å². The first-order valence-corrected chi connectivity index (χ1v) is 11.9. The number of hydrogen-bond acceptors (Lipinski definition) is 7. The van der Waals surface area contributed by atoms with E-state index in [0.29, 0.717) is 29.1 Å². The van der Waals surface area contributed by atoms with Crippen molar-refractivity contribution in [3.63, 3.8) is 0 Å². The van der Waals surface area contributed by atoms with Crippen molar-refractivity contribution in [1.82, 2.24) is 5.32 Å². The van der Waals surface area contributed by atoms with Crippen molar-refractivity contribution in [2.24, 2.45) is 11.8 Å². The molecule has 2 fully saturated rings. The van der Waals surface area contributed by atoms with Gasteiger partial charge < -0.3 is 15.2 Å². The van der Waals surface area contributed by atoms with Gasteiger partial charge in [0.05, 0.1) is 17.5 Å². The zero-order valence-electron chi connectivity index (χ0n) is 19.8. The normalized spacial score (nSPS) is 25.8. The van der Waals surface area contributed by atoms with Crippen molar-refractivity contribution in [1.29, 1.82) is 0 Å². The van der Waals surface area contributed by atoms with E-state index in [0.717, 1.165) is 10.5 Å². The molecule has 3 amide bonds. The SMILES string of the molecule is CC(=O)Oc1ccc(N2C(=O)C3C(Cc4ccc(O)cc4)NC4(C(=O)Nc5ccccc54)C3C2=O)cc1. The summed E-state index contributed by atoms with van der Waals surface area (Å²) < 4.78 is 5.07. The van der Waals surface area contributed by atoms with Gasteiger partial charge in [0.2, 0.25) is 17.7 Å². The predicted molar refractivity (Wildman–Crippen MR) is 133 cm³/mol. The summed E-state index contributed by atoms with van der Waals surface area (Å²) >= 11 is 0. The van der Waals surface area contributed by atoms with Crippen molar-refractivity contribution in [2.45, 2.75) is 24.9 Å². The molecule has 4 unspecified atom stereocenters. The predicted octanol–water partition coefficient (Wildman–Crippen LogP) is 2.49. The summed E-state index contributed by atoms with van der Waals surface area (Å²) in [4.78, 5) is 53.8. The first-order chi connectivity index (χ1) is 17.8. The number of anilines is 2. The van der Waals surface area contributed by atoms with Gasteiger partial charge in [-0.1, -0.05) is 30.3 Å². The fourth-order valence-electron chi connectivity index (χ4n) is 5.90. The Hall–Kier alpha value is -4.50. The molecule has 3 N–H and O–H groups in total. The number of nitrogens with zero attached hydrogens (tertiary/aromatic N) is 1. The molecule has 0 aliphatic carbocycles. The van der Waals surface area contributed by atoms with Crippen LogP contribution in [0, 0.1) is 11.8 Å². The second-order valence-corrected chi connectivity index (χ2v) is 9.53. The minimum Gasteiger partial charge on any atom is -0.508 e. The molecule has 3 aliphatic rings. The Labute approximate surface area is 212 Å². The number of rotatable bonds is 4. The maximum Gasteiger partial charge on any atom is 0.308 e. The number of imide groups is 1. The van der Waals surface area contributed by atoms with E-state index in [1.807, 2.05) is 0 Å². The number of carbonyl (C=O) groups excluding carboxylic acids is 4. The van der Waals surface area contributed by atoms with Gasteiger partial charge in [-0.25, -0.2) is 4.90 Å². The van der Waals surface area contributed by atoms with Gasteiger partial charge in [0, 0.05) is 24.2 Å². The standard InChI is InChI=1S/C28H23N3O6/c1-15(32)37-19-12-8-17(9-13-19)31-25(34)23-22(14-16-6-10-18(33)11-7-16)30-28(24(23)26(31)35)20-4-2-3-5-21(20)29-27(28)36/h2-13,22-24,30,33H,14H2,1H3,(H,29,36). The molecule has 9 heteroatoms. The van der Waals surface area contributed by atoms with E-state index >= 15 is 0 Å². The number of esters is 1. The monoisotopic (exact) mass is 497 g/mol. The van der Waals surface area contributed by atoms with Crippen LogP contribution in [0.1, 0.15) is 18.1 Å². The number of nitrogens with one attached hydrogen (secondary N) is 2. The van der Waals surface area contributed by atoms with Gasteiger partial charge in [-0.3, -0.25) is 24.5 Å². The second kappa shape index (κ2) is 8.28. The van der Waals surface area contributed by atoms with E-state index in [-0.39, 0.29) is 11.7 Å². The minimum absolute atomic E-state index is 0.122. The third-order valence-electron chi connectivity index (χ3n) is 7.37. The fraction of sp³-hybridized carbons (Fsp3) is 0.214. The maximum atomic E-state index is 14.0. The summed E-state index contributed by atoms with van der Waals surface area (Å²) in [6.45, 7) is 1.29. The highest BCUT2D eigenvalue weighted by Gasteiger charge is 2.70. The lowest BCUT2D eigenvalue weighted by atomic mass is 9.76. The topological polar surface area (TPSA) is 125 Å². The molecule has 9 nitrogen and oxygen atoms in total. The Morgan fingerprint density at radius 2 is 1.68 bits per heavy atom. The molecule has 3 aromatic rings. The molecular formula is C28H23N3O6. The first-order valence-electron chi connectivity index (χ1n) is 11.9. The molecule has 0 aromatic heterocycles. The number of amides is 3. The first kappa shape index (κ1) is 22.9. The maximum absolute atomic E-state index is 14.0. The average Bonchev–Trinajstić information content (AvgIpc) is 3.45. The van der Waals surface area contributed by atoms with Gasteiger partial charge in [-0.05, 0) is 54.4 Å². The molecule has 3 heterocycles. The van der Waals surface area contributed by atoms with Gasteiger partial charge in [-0.2, -0.15) is 0 Å². The van der Waals surface area contributed by atoms with Crippen molar-refractivity contribution in [3.05, 3.63) is 83.9 Å². The van der Waals surface area contributed by atoms with Crippen LogP contribution in [0.3, 0.4) is 0 Å². The van der Waals surface area contributed by atoms with Gasteiger partial charge in [0.15, 0.2) is 0 Å². The molecule has 0 bridgehead atoms. The van der Waals surface area contributed by atoms with Gasteiger partial charge >= 0.3 is 5.97 Å². The summed E-state index contributed by atoms with van der Waals surface area (Å²) in [5.74, 6) is -3.06. The number of phenolic OH excluding ortho intramolecular Hbond substituents is 1. The number of fused-ring (bicyclic) bond motifs is 4. The summed E-state index contributed by atoms with van der Waals surface area (Å²) in [6, 6.07) is 19.4. The van der Waals surface area contributed by atoms with E-state index in [4.69, 9.17) is 4.74 Å². The second-order valence-electron chi connectivity index (χ2n) is 9.53. The summed E-state index contributed by atoms with van der Waals surface area (Å²) in [7, 11) is 0. The highest BCUT2D eigenvalue weighted by molar-refractivity contribution is 6.25. The van der Waals surface area contributed by atoms with Crippen LogP contribution in [-0.4, -0.2) is 34.8 Å². The zero-order valence-corrected chi connectivity index (χ0v) is 19.8. The number of para-hydroxylation sites is 1. The average molecular weight is 498 g/mol. The lowest BCUT2D eigenvalue weighted by molar-refractivity contribution is -0.132. The Morgan fingerprint density at radius 3 is 2.38 bits per heavy atom. The Morgan fingerprint density at radius 1 is 0.973 bits per heavy atom. The highest BCUT2D eigenvalue weighted by atomic mass is 16.5. The van der Waals surface area contributed by atoms with Crippen LogP contribution in [0.15, 0.2) is 72.8 Å². The van der Waals surface area contributed by atoms with Crippen LogP contribution in [-0.2, 0) is 31.1 Å². The zero-order chi connectivity index (χ0) is 25.9. The Kier molecular flexibility index (Phi) is 5.13. The van der Waals surface area contributed by atoms with E-state index in [1.165, 1.54) is 19.1 Å². The number of hydrogen-bond donors (Lipinski definition) is 3. The molecule has 3 aliphatic heterocycles. The third kappa shape index (κ3) is 3.42. The minimum atomic E-state index is -1.40. The van der Waals surface area contributed by atoms with Crippen LogP contribution < -0.4 is 20.3 Å². The van der Waals surface area contributed by atoms with Crippen LogP contribution in [0.4, 0.5) is 11.4 Å². The van der Waals surface area contributed by atoms with Crippen molar-refractivity contribution in [3.8, 4) is 11.5 Å². The number of benzene rings is 3.